The van der Waals surface area contributed by atoms with E-state index in [1.807, 2.05) is 23.6 Å². The van der Waals surface area contributed by atoms with Crippen molar-refractivity contribution in [1.82, 2.24) is 4.98 Å². The average molecular weight is 442 g/mol. The summed E-state index contributed by atoms with van der Waals surface area (Å²) in [6.45, 7) is 1.91. The van der Waals surface area contributed by atoms with E-state index in [1.54, 1.807) is 35.6 Å². The zero-order chi connectivity index (χ0) is 21.1. The predicted molar refractivity (Wildman–Crippen MR) is 119 cm³/mol. The Labute approximate surface area is 183 Å². The van der Waals surface area contributed by atoms with Crippen molar-refractivity contribution >= 4 is 46.1 Å². The predicted octanol–water partition coefficient (Wildman–Crippen LogP) is 4.78. The van der Waals surface area contributed by atoms with E-state index in [4.69, 9.17) is 16.3 Å². The number of aromatic nitrogens is 1. The number of benzene rings is 2. The lowest BCUT2D eigenvalue weighted by molar-refractivity contribution is -0.123. The number of aryl methyl sites for hydroxylation is 1. The molecule has 0 saturated heterocycles. The van der Waals surface area contributed by atoms with Crippen molar-refractivity contribution in [2.24, 2.45) is 0 Å². The second kappa shape index (κ2) is 8.85. The van der Waals surface area contributed by atoms with Gasteiger partial charge in [0.25, 0.3) is 5.91 Å². The first-order valence-electron chi connectivity index (χ1n) is 9.61. The summed E-state index contributed by atoms with van der Waals surface area (Å²) in [6, 6.07) is 12.4. The summed E-state index contributed by atoms with van der Waals surface area (Å²) in [5, 5.41) is 6.46. The van der Waals surface area contributed by atoms with Crippen molar-refractivity contribution in [2.75, 3.05) is 23.4 Å². The van der Waals surface area contributed by atoms with E-state index in [9.17, 15) is 9.59 Å². The standard InChI is InChI=1S/C22H20ClN3O3S/c1-2-3-21-25-17(13-30-21)14-4-9-19-18(10-14)26(22(28)12-29-19)11-20(27)24-16-7-5-15(23)6-8-16/h4-10,13H,2-3,11-12H2,1H3,(H,24,27). The monoisotopic (exact) mass is 441 g/mol. The second-order valence-corrected chi connectivity index (χ2v) is 8.26. The minimum Gasteiger partial charge on any atom is -0.482 e. The van der Waals surface area contributed by atoms with Crippen LogP contribution in [0.5, 0.6) is 5.75 Å². The molecule has 0 unspecified atom stereocenters. The number of ether oxygens (including phenoxy) is 1. The number of rotatable bonds is 6. The highest BCUT2D eigenvalue weighted by atomic mass is 35.5. The molecular formula is C22H20ClN3O3S. The van der Waals surface area contributed by atoms with Gasteiger partial charge >= 0.3 is 0 Å². The molecule has 154 valence electrons. The molecule has 0 atom stereocenters. The van der Waals surface area contributed by atoms with Crippen LogP contribution in [-0.4, -0.2) is 29.9 Å². The minimum atomic E-state index is -0.303. The van der Waals surface area contributed by atoms with Crippen LogP contribution in [-0.2, 0) is 16.0 Å². The van der Waals surface area contributed by atoms with Crippen molar-refractivity contribution in [3.8, 4) is 17.0 Å². The van der Waals surface area contributed by atoms with Crippen LogP contribution < -0.4 is 15.0 Å². The normalized spacial score (nSPS) is 13.0. The highest BCUT2D eigenvalue weighted by molar-refractivity contribution is 7.09. The lowest BCUT2D eigenvalue weighted by Gasteiger charge is -2.29. The van der Waals surface area contributed by atoms with Gasteiger partial charge in [0.05, 0.1) is 16.4 Å². The highest BCUT2D eigenvalue weighted by Gasteiger charge is 2.28. The number of hydrogen-bond acceptors (Lipinski definition) is 5. The largest absolute Gasteiger partial charge is 0.482 e. The summed E-state index contributed by atoms with van der Waals surface area (Å²) in [7, 11) is 0. The van der Waals surface area contributed by atoms with Gasteiger partial charge in [-0.3, -0.25) is 14.5 Å². The molecule has 1 N–H and O–H groups in total. The number of nitrogens with zero attached hydrogens (tertiary/aromatic N) is 2. The number of hydrogen-bond donors (Lipinski definition) is 1. The molecule has 2 aromatic carbocycles. The van der Waals surface area contributed by atoms with Crippen molar-refractivity contribution in [3.63, 3.8) is 0 Å². The quantitative estimate of drug-likeness (QED) is 0.597. The van der Waals surface area contributed by atoms with E-state index < -0.39 is 0 Å². The third kappa shape index (κ3) is 4.47. The van der Waals surface area contributed by atoms with Crippen molar-refractivity contribution < 1.29 is 14.3 Å². The summed E-state index contributed by atoms with van der Waals surface area (Å²) in [4.78, 5) is 31.2. The van der Waals surface area contributed by atoms with Crippen LogP contribution in [0.25, 0.3) is 11.3 Å². The topological polar surface area (TPSA) is 71.5 Å². The van der Waals surface area contributed by atoms with Crippen LogP contribution in [0, 0.1) is 0 Å². The molecular weight excluding hydrogens is 422 g/mol. The maximum absolute atomic E-state index is 12.6. The van der Waals surface area contributed by atoms with Crippen LogP contribution >= 0.6 is 22.9 Å². The zero-order valence-corrected chi connectivity index (χ0v) is 17.9. The number of halogens is 1. The Bertz CT molecular complexity index is 1080. The number of amides is 2. The first-order valence-corrected chi connectivity index (χ1v) is 10.9. The van der Waals surface area contributed by atoms with Gasteiger partial charge in [0.15, 0.2) is 6.61 Å². The SMILES string of the molecule is CCCc1nc(-c2ccc3c(c2)N(CC(=O)Nc2ccc(Cl)cc2)C(=O)CO3)cs1. The molecule has 2 heterocycles. The molecule has 0 aliphatic carbocycles. The lowest BCUT2D eigenvalue weighted by atomic mass is 10.1. The number of nitrogens with one attached hydrogen (secondary N) is 1. The number of fused-ring (bicyclic) bond motifs is 1. The number of carbonyl (C=O) groups excluding carboxylic acids is 2. The fourth-order valence-electron chi connectivity index (χ4n) is 3.18. The third-order valence-electron chi connectivity index (χ3n) is 4.64. The smallest absolute Gasteiger partial charge is 0.265 e. The molecule has 30 heavy (non-hydrogen) atoms. The van der Waals surface area contributed by atoms with Gasteiger partial charge in [0.2, 0.25) is 5.91 Å². The van der Waals surface area contributed by atoms with Gasteiger partial charge in [-0.15, -0.1) is 11.3 Å². The molecule has 0 bridgehead atoms. The van der Waals surface area contributed by atoms with Crippen LogP contribution in [0.15, 0.2) is 47.8 Å². The molecule has 1 aliphatic rings. The van der Waals surface area contributed by atoms with Gasteiger partial charge in [-0.1, -0.05) is 18.5 Å². The van der Waals surface area contributed by atoms with Crippen molar-refractivity contribution in [2.45, 2.75) is 19.8 Å². The fraction of sp³-hybridized carbons (Fsp3) is 0.227. The van der Waals surface area contributed by atoms with Gasteiger partial charge in [-0.2, -0.15) is 0 Å². The molecule has 0 saturated carbocycles. The summed E-state index contributed by atoms with van der Waals surface area (Å²) in [5.41, 5.74) is 2.92. The Morgan fingerprint density at radius 2 is 2.07 bits per heavy atom. The molecule has 2 amide bonds. The van der Waals surface area contributed by atoms with E-state index in [-0.39, 0.29) is 25.0 Å². The third-order valence-corrected chi connectivity index (χ3v) is 5.80. The van der Waals surface area contributed by atoms with Gasteiger partial charge in [-0.05, 0) is 55.3 Å². The molecule has 0 fully saturated rings. The lowest BCUT2D eigenvalue weighted by Crippen LogP contribution is -2.43. The van der Waals surface area contributed by atoms with Gasteiger partial charge in [0.1, 0.15) is 12.3 Å². The molecule has 6 nitrogen and oxygen atoms in total. The van der Waals surface area contributed by atoms with Crippen LogP contribution in [0.2, 0.25) is 5.02 Å². The summed E-state index contributed by atoms with van der Waals surface area (Å²) < 4.78 is 5.56. The van der Waals surface area contributed by atoms with E-state index >= 15 is 0 Å². The molecule has 1 aromatic heterocycles. The van der Waals surface area contributed by atoms with E-state index in [1.165, 1.54) is 4.90 Å². The summed E-state index contributed by atoms with van der Waals surface area (Å²) in [6.07, 6.45) is 1.98. The number of thiazole rings is 1. The number of carbonyl (C=O) groups is 2. The number of anilines is 2. The Morgan fingerprint density at radius 1 is 1.27 bits per heavy atom. The maximum atomic E-state index is 12.6. The molecule has 1 aliphatic heterocycles. The molecule has 8 heteroatoms. The Kier molecular flexibility index (Phi) is 6.01. The van der Waals surface area contributed by atoms with Crippen molar-refractivity contribution in [1.29, 1.82) is 0 Å². The minimum absolute atomic E-state index is 0.0993. The Morgan fingerprint density at radius 3 is 2.83 bits per heavy atom. The second-order valence-electron chi connectivity index (χ2n) is 6.88. The molecule has 0 radical (unpaired) electrons. The van der Waals surface area contributed by atoms with Crippen LogP contribution in [0.4, 0.5) is 11.4 Å². The fourth-order valence-corrected chi connectivity index (χ4v) is 4.22. The van der Waals surface area contributed by atoms with E-state index in [0.717, 1.165) is 29.1 Å². The molecule has 0 spiro atoms. The summed E-state index contributed by atoms with van der Waals surface area (Å²) >= 11 is 7.50. The van der Waals surface area contributed by atoms with Crippen LogP contribution in [0.3, 0.4) is 0 Å². The molecule has 4 rings (SSSR count). The van der Waals surface area contributed by atoms with Gasteiger partial charge in [-0.25, -0.2) is 4.98 Å². The zero-order valence-electron chi connectivity index (χ0n) is 16.4. The Balaban J connectivity index is 1.56. The average Bonchev–Trinajstić information content (AvgIpc) is 3.20. The van der Waals surface area contributed by atoms with Gasteiger partial charge in [0, 0.05) is 21.7 Å². The maximum Gasteiger partial charge on any atom is 0.265 e. The first kappa shape index (κ1) is 20.4. The van der Waals surface area contributed by atoms with E-state index in [0.29, 0.717) is 22.1 Å². The van der Waals surface area contributed by atoms with E-state index in [2.05, 4.69) is 17.2 Å². The first-order chi connectivity index (χ1) is 14.5. The van der Waals surface area contributed by atoms with Crippen LogP contribution in [0.1, 0.15) is 18.4 Å². The van der Waals surface area contributed by atoms with Gasteiger partial charge < -0.3 is 10.1 Å². The van der Waals surface area contributed by atoms with Crippen molar-refractivity contribution in [3.05, 3.63) is 57.9 Å². The highest BCUT2D eigenvalue weighted by Crippen LogP contribution is 2.36. The Hall–Kier alpha value is -2.90. The summed E-state index contributed by atoms with van der Waals surface area (Å²) in [5.74, 6) is 0.000302. The molecule has 3 aromatic rings.